The van der Waals surface area contributed by atoms with Crippen LogP contribution in [0.1, 0.15) is 303 Å². The van der Waals surface area contributed by atoms with Crippen LogP contribution in [0.3, 0.4) is 0 Å². The van der Waals surface area contributed by atoms with Gasteiger partial charge in [-0.05, 0) is 83.5 Å². The normalized spacial score (nSPS) is 14.2. The predicted molar refractivity (Wildman–Crippen MR) is 337 cm³/mol. The monoisotopic (exact) mass is 1100 g/mol. The number of allylic oxidation sites excluding steroid dienone is 11. The van der Waals surface area contributed by atoms with Gasteiger partial charge in [0.25, 0.3) is 0 Å². The Morgan fingerprint density at radius 3 is 1.13 bits per heavy atom. The lowest BCUT2D eigenvalue weighted by atomic mass is 10.0. The van der Waals surface area contributed by atoms with Gasteiger partial charge in [-0.1, -0.05) is 286 Å². The molecule has 0 aromatic carbocycles. The van der Waals surface area contributed by atoms with Gasteiger partial charge in [0.15, 0.2) is 0 Å². The molecule has 3 unspecified atom stereocenters. The lowest BCUT2D eigenvalue weighted by Gasteiger charge is -2.25. The molecule has 77 heavy (non-hydrogen) atoms. The minimum absolute atomic E-state index is 0.0502. The predicted octanol–water partition coefficient (Wildman–Crippen LogP) is 20.6. The molecule has 0 rings (SSSR count). The SMILES string of the molecule is CCCCCCC/C=C\C/C=C\C/C=C\CCCCCCCCCCCCC(=O)NC(COP(=O)(O)OCC[N+](C)(C)C)C(O)/C=C/CC/C=C/CC/C=C/CCCCCCCCCCCCCCCCCCCCCC. The van der Waals surface area contributed by atoms with Gasteiger partial charge in [0.05, 0.1) is 39.9 Å². The molecule has 3 N–H and O–H groups in total. The molecule has 0 heterocycles. The maximum atomic E-state index is 13.0. The van der Waals surface area contributed by atoms with Crippen LogP contribution in [0.15, 0.2) is 72.9 Å². The van der Waals surface area contributed by atoms with Crippen LogP contribution in [0.4, 0.5) is 0 Å². The first-order chi connectivity index (χ1) is 37.5. The van der Waals surface area contributed by atoms with Crippen molar-refractivity contribution in [3.63, 3.8) is 0 Å². The van der Waals surface area contributed by atoms with Gasteiger partial charge in [-0.25, -0.2) is 4.57 Å². The number of quaternary nitrogens is 1. The summed E-state index contributed by atoms with van der Waals surface area (Å²) in [5.74, 6) is -0.194. The molecule has 0 fully saturated rings. The molecule has 0 aromatic heterocycles. The van der Waals surface area contributed by atoms with Crippen LogP contribution >= 0.6 is 7.82 Å². The van der Waals surface area contributed by atoms with Gasteiger partial charge in [0.1, 0.15) is 13.2 Å². The third kappa shape index (κ3) is 61.4. The molecule has 450 valence electrons. The van der Waals surface area contributed by atoms with Crippen molar-refractivity contribution in [1.29, 1.82) is 0 Å². The van der Waals surface area contributed by atoms with E-state index in [0.29, 0.717) is 17.4 Å². The van der Waals surface area contributed by atoms with Crippen molar-refractivity contribution in [2.45, 2.75) is 315 Å². The Bertz CT molecular complexity index is 1480. The average molecular weight is 1100 g/mol. The first-order valence-corrected chi connectivity index (χ1v) is 34.3. The molecule has 0 aliphatic carbocycles. The highest BCUT2D eigenvalue weighted by Gasteiger charge is 2.27. The molecular formula is C68H128N2O6P+. The van der Waals surface area contributed by atoms with Gasteiger partial charge in [-0.2, -0.15) is 0 Å². The zero-order valence-corrected chi connectivity index (χ0v) is 52.3. The number of hydrogen-bond donors (Lipinski definition) is 3. The van der Waals surface area contributed by atoms with E-state index in [0.717, 1.165) is 57.8 Å². The summed E-state index contributed by atoms with van der Waals surface area (Å²) < 4.78 is 23.8. The number of carbonyl (C=O) groups is 1. The smallest absolute Gasteiger partial charge is 0.387 e. The van der Waals surface area contributed by atoms with E-state index in [4.69, 9.17) is 9.05 Å². The summed E-state index contributed by atoms with van der Waals surface area (Å²) in [7, 11) is 1.54. The number of aliphatic hydroxyl groups is 1. The van der Waals surface area contributed by atoms with Crippen LogP contribution in [-0.4, -0.2) is 73.4 Å². The molecule has 0 saturated carbocycles. The summed E-state index contributed by atoms with van der Waals surface area (Å²) in [5.41, 5.74) is 0. The number of carbonyl (C=O) groups excluding carboxylic acids is 1. The maximum Gasteiger partial charge on any atom is 0.472 e. The van der Waals surface area contributed by atoms with Gasteiger partial charge in [-0.15, -0.1) is 0 Å². The second-order valence-electron chi connectivity index (χ2n) is 23.5. The highest BCUT2D eigenvalue weighted by Crippen LogP contribution is 2.43. The van der Waals surface area contributed by atoms with Gasteiger partial charge >= 0.3 is 7.82 Å². The molecule has 0 radical (unpaired) electrons. The highest BCUT2D eigenvalue weighted by molar-refractivity contribution is 7.47. The molecule has 0 aromatic rings. The van der Waals surface area contributed by atoms with Crippen molar-refractivity contribution in [2.24, 2.45) is 0 Å². The molecule has 0 bridgehead atoms. The Morgan fingerprint density at radius 2 is 0.753 bits per heavy atom. The summed E-state index contributed by atoms with van der Waals surface area (Å²) in [6.45, 7) is 4.80. The number of phosphoric ester groups is 1. The lowest BCUT2D eigenvalue weighted by Crippen LogP contribution is -2.45. The van der Waals surface area contributed by atoms with Gasteiger partial charge in [0.2, 0.25) is 5.91 Å². The molecule has 0 aliphatic heterocycles. The van der Waals surface area contributed by atoms with Gasteiger partial charge in [-0.3, -0.25) is 13.8 Å². The van der Waals surface area contributed by atoms with E-state index in [2.05, 4.69) is 79.9 Å². The standard InChI is InChI=1S/C68H127N2O6P/c1-6-8-10-12-14-16-18-20-22-24-26-28-30-32-33-34-35-36-38-39-41-43-45-47-49-51-53-55-57-59-61-67(71)66(65-76-77(73,74)75-64-63-70(3,4)5)69-68(72)62-60-58-56-54-52-50-48-46-44-42-40-37-31-29-27-25-23-21-19-17-15-13-11-9-7-2/h19,21,25,27,31,37,43,45,51,53,59,61,66-67,71H,6-18,20,22-24,26,28-30,32-36,38-42,44,46-50,52,54-58,60,62-65H2,1-5H3,(H-,69,72,73,74)/p+1/b21-19-,27-25-,37-31-,45-43+,53-51+,61-59+. The fraction of sp³-hybridized carbons (Fsp3) is 0.809. The number of aliphatic hydroxyl groups excluding tert-OH is 1. The van der Waals surface area contributed by atoms with Crippen LogP contribution in [0, 0.1) is 0 Å². The molecule has 3 atom stereocenters. The summed E-state index contributed by atoms with van der Waals surface area (Å²) >= 11 is 0. The maximum absolute atomic E-state index is 13.0. The second kappa shape index (κ2) is 58.6. The lowest BCUT2D eigenvalue weighted by molar-refractivity contribution is -0.870. The van der Waals surface area contributed by atoms with Crippen LogP contribution < -0.4 is 5.32 Å². The summed E-state index contributed by atoms with van der Waals surface area (Å²) in [4.78, 5) is 23.4. The first kappa shape index (κ1) is 74.9. The minimum Gasteiger partial charge on any atom is -0.387 e. The van der Waals surface area contributed by atoms with E-state index < -0.39 is 20.0 Å². The molecular weight excluding hydrogens is 972 g/mol. The first-order valence-electron chi connectivity index (χ1n) is 32.8. The topological polar surface area (TPSA) is 105 Å². The number of phosphoric acid groups is 1. The Kier molecular flexibility index (Phi) is 57.0. The van der Waals surface area contributed by atoms with E-state index in [1.165, 1.54) is 225 Å². The van der Waals surface area contributed by atoms with Gasteiger partial charge in [0, 0.05) is 6.42 Å². The fourth-order valence-electron chi connectivity index (χ4n) is 9.50. The van der Waals surface area contributed by atoms with E-state index in [-0.39, 0.29) is 19.1 Å². The van der Waals surface area contributed by atoms with Crippen LogP contribution in [0.25, 0.3) is 0 Å². The Balaban J connectivity index is 4.21. The second-order valence-corrected chi connectivity index (χ2v) is 24.9. The molecule has 0 spiro atoms. The van der Waals surface area contributed by atoms with Crippen molar-refractivity contribution in [3.8, 4) is 0 Å². The number of unbranched alkanes of at least 4 members (excludes halogenated alkanes) is 37. The van der Waals surface area contributed by atoms with Crippen LogP contribution in [0.2, 0.25) is 0 Å². The molecule has 0 saturated heterocycles. The molecule has 9 heteroatoms. The number of likely N-dealkylation sites (N-methyl/N-ethyl adjacent to an activating group) is 1. The number of nitrogens with one attached hydrogen (secondary N) is 1. The molecule has 1 amide bonds. The number of nitrogens with zero attached hydrogens (tertiary/aromatic N) is 1. The van der Waals surface area contributed by atoms with E-state index >= 15 is 0 Å². The molecule has 0 aliphatic rings. The quantitative estimate of drug-likeness (QED) is 0.0243. The van der Waals surface area contributed by atoms with Crippen LogP contribution in [-0.2, 0) is 18.4 Å². The minimum atomic E-state index is -4.37. The number of hydrogen-bond acceptors (Lipinski definition) is 5. The zero-order valence-electron chi connectivity index (χ0n) is 51.4. The third-order valence-electron chi connectivity index (χ3n) is 14.6. The van der Waals surface area contributed by atoms with E-state index in [1.807, 2.05) is 27.2 Å². The van der Waals surface area contributed by atoms with Crippen molar-refractivity contribution in [3.05, 3.63) is 72.9 Å². The third-order valence-corrected chi connectivity index (χ3v) is 15.6. The fourth-order valence-corrected chi connectivity index (χ4v) is 10.2. The Labute approximate surface area is 478 Å². The van der Waals surface area contributed by atoms with E-state index in [1.54, 1.807) is 6.08 Å². The van der Waals surface area contributed by atoms with Crippen molar-refractivity contribution >= 4 is 13.7 Å². The number of amides is 1. The molecule has 8 nitrogen and oxygen atoms in total. The average Bonchev–Trinajstić information content (AvgIpc) is 3.39. The zero-order chi connectivity index (χ0) is 56.3. The Hall–Kier alpha value is -2.06. The van der Waals surface area contributed by atoms with Crippen molar-refractivity contribution in [1.82, 2.24) is 5.32 Å². The largest absolute Gasteiger partial charge is 0.472 e. The van der Waals surface area contributed by atoms with E-state index in [9.17, 15) is 19.4 Å². The van der Waals surface area contributed by atoms with Crippen LogP contribution in [0.5, 0.6) is 0 Å². The highest BCUT2D eigenvalue weighted by atomic mass is 31.2. The summed E-state index contributed by atoms with van der Waals surface area (Å²) in [6, 6.07) is -0.877. The van der Waals surface area contributed by atoms with Gasteiger partial charge < -0.3 is 19.8 Å². The number of rotatable bonds is 60. The summed E-state index contributed by atoms with van der Waals surface area (Å²) in [5, 5.41) is 14.0. The Morgan fingerprint density at radius 1 is 0.442 bits per heavy atom. The van der Waals surface area contributed by atoms with Crippen molar-refractivity contribution in [2.75, 3.05) is 40.9 Å². The van der Waals surface area contributed by atoms with Crippen molar-refractivity contribution < 1.29 is 32.9 Å². The summed E-state index contributed by atoms with van der Waals surface area (Å²) in [6.07, 6.45) is 81.8.